The third-order valence-corrected chi connectivity index (χ3v) is 2.53. The van der Waals surface area contributed by atoms with Gasteiger partial charge in [0, 0.05) is 0 Å². The van der Waals surface area contributed by atoms with E-state index in [-0.39, 0.29) is 52.8 Å². The molecular weight excluding hydrogens is 211 g/mol. The molecule has 4 nitrogen and oxygen atoms in total. The minimum absolute atomic E-state index is 0. The summed E-state index contributed by atoms with van der Waals surface area (Å²) in [5.41, 5.74) is -1.67. The SMILES string of the molecule is CC(C)C(C(=O)O)(C(=O)O)C(C)C.[H-].[K+]. The van der Waals surface area contributed by atoms with Crippen molar-refractivity contribution >= 4 is 11.9 Å². The number of aliphatic carboxylic acids is 2. The Labute approximate surface area is 128 Å². The Bertz CT molecular complexity index is 204. The zero-order chi connectivity index (χ0) is 10.8. The van der Waals surface area contributed by atoms with E-state index in [0.717, 1.165) is 0 Å². The van der Waals surface area contributed by atoms with Gasteiger partial charge in [0.1, 0.15) is 0 Å². The topological polar surface area (TPSA) is 74.6 Å². The monoisotopic (exact) mass is 228 g/mol. The molecule has 0 spiro atoms. The van der Waals surface area contributed by atoms with Crippen molar-refractivity contribution in [2.75, 3.05) is 0 Å². The third kappa shape index (κ3) is 2.79. The van der Waals surface area contributed by atoms with Gasteiger partial charge in [-0.1, -0.05) is 27.7 Å². The molecule has 0 atom stereocenters. The molecule has 0 unspecified atom stereocenters. The first kappa shape index (κ1) is 17.0. The van der Waals surface area contributed by atoms with Gasteiger partial charge in [-0.3, -0.25) is 9.59 Å². The average molecular weight is 228 g/mol. The van der Waals surface area contributed by atoms with Gasteiger partial charge in [-0.2, -0.15) is 0 Å². The molecule has 0 fully saturated rings. The van der Waals surface area contributed by atoms with Crippen LogP contribution in [0.3, 0.4) is 0 Å². The van der Waals surface area contributed by atoms with Gasteiger partial charge in [-0.05, 0) is 11.8 Å². The van der Waals surface area contributed by atoms with Crippen molar-refractivity contribution in [1.82, 2.24) is 0 Å². The summed E-state index contributed by atoms with van der Waals surface area (Å²) in [7, 11) is 0. The van der Waals surface area contributed by atoms with Crippen LogP contribution < -0.4 is 51.4 Å². The molecule has 0 amide bonds. The summed E-state index contributed by atoms with van der Waals surface area (Å²) >= 11 is 0. The van der Waals surface area contributed by atoms with E-state index in [1.807, 2.05) is 0 Å². The van der Waals surface area contributed by atoms with E-state index >= 15 is 0 Å². The molecule has 2 N–H and O–H groups in total. The van der Waals surface area contributed by atoms with Crippen molar-refractivity contribution in [3.8, 4) is 0 Å². The van der Waals surface area contributed by atoms with Crippen LogP contribution in [0, 0.1) is 17.3 Å². The first-order valence-electron chi connectivity index (χ1n) is 4.24. The largest absolute Gasteiger partial charge is 1.00 e. The van der Waals surface area contributed by atoms with Crippen LogP contribution in [0.2, 0.25) is 0 Å². The van der Waals surface area contributed by atoms with Gasteiger partial charge in [-0.15, -0.1) is 0 Å². The Hall–Kier alpha value is 0.576. The molecule has 0 aliphatic heterocycles. The molecule has 0 rings (SSSR count). The van der Waals surface area contributed by atoms with E-state index in [2.05, 4.69) is 0 Å². The molecule has 78 valence electrons. The molecule has 0 bridgehead atoms. The Morgan fingerprint density at radius 3 is 1.21 bits per heavy atom. The molecule has 0 aromatic rings. The summed E-state index contributed by atoms with van der Waals surface area (Å²) in [5, 5.41) is 17.9. The fourth-order valence-electron chi connectivity index (χ4n) is 1.75. The third-order valence-electron chi connectivity index (χ3n) is 2.53. The molecule has 0 saturated heterocycles. The molecule has 0 aromatic carbocycles. The molecule has 0 aliphatic rings. The van der Waals surface area contributed by atoms with Gasteiger partial charge < -0.3 is 11.6 Å². The van der Waals surface area contributed by atoms with Gasteiger partial charge >= 0.3 is 63.3 Å². The molecule has 14 heavy (non-hydrogen) atoms. The van der Waals surface area contributed by atoms with E-state index in [1.165, 1.54) is 0 Å². The fraction of sp³-hybridized carbons (Fsp3) is 0.778. The van der Waals surface area contributed by atoms with E-state index < -0.39 is 29.2 Å². The maximum Gasteiger partial charge on any atom is 1.00 e. The first-order valence-corrected chi connectivity index (χ1v) is 4.24. The summed E-state index contributed by atoms with van der Waals surface area (Å²) in [5.74, 6) is -3.38. The zero-order valence-electron chi connectivity index (χ0n) is 10.4. The zero-order valence-corrected chi connectivity index (χ0v) is 12.5. The molecule has 0 aromatic heterocycles. The van der Waals surface area contributed by atoms with Gasteiger partial charge in [0.05, 0.1) is 0 Å². The predicted octanol–water partition coefficient (Wildman–Crippen LogP) is -1.43. The van der Waals surface area contributed by atoms with E-state index in [1.54, 1.807) is 27.7 Å². The van der Waals surface area contributed by atoms with Crippen LogP contribution in [0.15, 0.2) is 0 Å². The maximum absolute atomic E-state index is 11.0. The van der Waals surface area contributed by atoms with Crippen LogP contribution in [0.5, 0.6) is 0 Å². The van der Waals surface area contributed by atoms with Crippen molar-refractivity contribution in [3.05, 3.63) is 0 Å². The summed E-state index contributed by atoms with van der Waals surface area (Å²) in [6.07, 6.45) is 0. The van der Waals surface area contributed by atoms with Gasteiger partial charge in [0.25, 0.3) is 0 Å². The second-order valence-corrected chi connectivity index (χ2v) is 3.79. The Morgan fingerprint density at radius 2 is 1.21 bits per heavy atom. The molecule has 0 heterocycles. The summed E-state index contributed by atoms with van der Waals surface area (Å²) in [6, 6.07) is 0. The van der Waals surface area contributed by atoms with Crippen molar-refractivity contribution < 1.29 is 72.6 Å². The van der Waals surface area contributed by atoms with Gasteiger partial charge in [0.2, 0.25) is 0 Å². The van der Waals surface area contributed by atoms with Crippen LogP contribution in [0.4, 0.5) is 0 Å². The molecule has 0 saturated carbocycles. The minimum atomic E-state index is -1.67. The number of rotatable bonds is 4. The normalized spacial score (nSPS) is 11.3. The van der Waals surface area contributed by atoms with E-state index in [9.17, 15) is 9.59 Å². The summed E-state index contributed by atoms with van der Waals surface area (Å²) in [6.45, 7) is 6.45. The van der Waals surface area contributed by atoms with Crippen molar-refractivity contribution in [2.24, 2.45) is 17.3 Å². The van der Waals surface area contributed by atoms with Crippen LogP contribution in [0.1, 0.15) is 29.1 Å². The van der Waals surface area contributed by atoms with Crippen LogP contribution >= 0.6 is 0 Å². The van der Waals surface area contributed by atoms with E-state index in [4.69, 9.17) is 10.2 Å². The first-order chi connectivity index (χ1) is 5.77. The van der Waals surface area contributed by atoms with Crippen molar-refractivity contribution in [3.63, 3.8) is 0 Å². The maximum atomic E-state index is 11.0. The number of hydrogen-bond donors (Lipinski definition) is 2. The number of carbonyl (C=O) groups is 2. The Balaban J connectivity index is -0.000000720. The summed E-state index contributed by atoms with van der Waals surface area (Å²) < 4.78 is 0. The van der Waals surface area contributed by atoms with Crippen LogP contribution in [-0.4, -0.2) is 22.2 Å². The quantitative estimate of drug-likeness (QED) is 0.457. The van der Waals surface area contributed by atoms with E-state index in [0.29, 0.717) is 0 Å². The summed E-state index contributed by atoms with van der Waals surface area (Å²) in [4.78, 5) is 21.9. The number of hydrogen-bond acceptors (Lipinski definition) is 2. The fourth-order valence-corrected chi connectivity index (χ4v) is 1.75. The number of carboxylic acid groups (broad SMARTS) is 2. The second-order valence-electron chi connectivity index (χ2n) is 3.79. The van der Waals surface area contributed by atoms with Crippen LogP contribution in [0.25, 0.3) is 0 Å². The predicted molar refractivity (Wildman–Crippen MR) is 48.5 cm³/mol. The standard InChI is InChI=1S/C9H16O4.K.H/c1-5(2)9(6(3)4,7(10)11)8(12)13;;/h5-6H,1-4H3,(H,10,11)(H,12,13);;/q;+1;-1. The van der Waals surface area contributed by atoms with Crippen molar-refractivity contribution in [1.29, 1.82) is 0 Å². The second kappa shape index (κ2) is 6.22. The Kier molecular flexibility index (Phi) is 7.55. The molecular formula is C9H17KO4. The van der Waals surface area contributed by atoms with Gasteiger partial charge in [0.15, 0.2) is 5.41 Å². The molecule has 0 radical (unpaired) electrons. The van der Waals surface area contributed by atoms with Gasteiger partial charge in [-0.25, -0.2) is 0 Å². The average Bonchev–Trinajstić information content (AvgIpc) is 1.82. The van der Waals surface area contributed by atoms with Crippen LogP contribution in [-0.2, 0) is 9.59 Å². The smallest absolute Gasteiger partial charge is 1.00 e. The van der Waals surface area contributed by atoms with Crippen molar-refractivity contribution in [2.45, 2.75) is 27.7 Å². The Morgan fingerprint density at radius 1 is 1.00 bits per heavy atom. The minimum Gasteiger partial charge on any atom is -1.00 e. The molecule has 0 aliphatic carbocycles. The molecule has 5 heteroatoms. The number of carboxylic acids is 2.